The van der Waals surface area contributed by atoms with E-state index in [9.17, 15) is 0 Å². The molecule has 1 aliphatic carbocycles. The molecule has 0 bridgehead atoms. The van der Waals surface area contributed by atoms with E-state index in [1.807, 2.05) is 18.2 Å². The maximum atomic E-state index is 6.00. The number of nitrogens with zero attached hydrogens (tertiary/aromatic N) is 2. The fraction of sp³-hybridized carbons (Fsp3) is 0.375. The number of aromatic nitrogens is 2. The summed E-state index contributed by atoms with van der Waals surface area (Å²) in [7, 11) is 3.29. The quantitative estimate of drug-likeness (QED) is 0.857. The average molecular weight is 320 g/mol. The summed E-state index contributed by atoms with van der Waals surface area (Å²) in [5, 5.41) is 3.65. The molecule has 0 radical (unpaired) electrons. The molecule has 0 spiro atoms. The molecule has 0 fully saturated rings. The topological polar surface area (TPSA) is 56.3 Å². The van der Waals surface area contributed by atoms with Gasteiger partial charge in [0.1, 0.15) is 17.3 Å². The summed E-state index contributed by atoms with van der Waals surface area (Å²) < 4.78 is 10.6. The second-order valence-electron chi connectivity index (χ2n) is 5.15. The van der Waals surface area contributed by atoms with Crippen LogP contribution < -0.4 is 14.8 Å². The highest BCUT2D eigenvalue weighted by Crippen LogP contribution is 2.29. The van der Waals surface area contributed by atoms with Crippen molar-refractivity contribution in [2.45, 2.75) is 25.8 Å². The number of fused-ring (bicyclic) bond motifs is 1. The molecule has 1 N–H and O–H groups in total. The van der Waals surface area contributed by atoms with Gasteiger partial charge in [0.15, 0.2) is 0 Å². The number of ether oxygens (including phenoxy) is 2. The van der Waals surface area contributed by atoms with Gasteiger partial charge in [-0.3, -0.25) is 0 Å². The molecular weight excluding hydrogens is 302 g/mol. The summed E-state index contributed by atoms with van der Waals surface area (Å²) in [5.74, 6) is 2.38. The van der Waals surface area contributed by atoms with E-state index in [-0.39, 0.29) is 0 Å². The van der Waals surface area contributed by atoms with E-state index < -0.39 is 0 Å². The third-order valence-corrected chi connectivity index (χ3v) is 4.02. The minimum atomic E-state index is 0.296. The van der Waals surface area contributed by atoms with Crippen LogP contribution in [0.5, 0.6) is 11.5 Å². The monoisotopic (exact) mass is 319 g/mol. The van der Waals surface area contributed by atoms with Crippen LogP contribution in [0.15, 0.2) is 18.2 Å². The van der Waals surface area contributed by atoms with E-state index in [0.717, 1.165) is 47.8 Å². The first kappa shape index (κ1) is 14.9. The zero-order valence-electron chi connectivity index (χ0n) is 12.6. The number of hydrogen-bond acceptors (Lipinski definition) is 5. The maximum absolute atomic E-state index is 6.00. The minimum absolute atomic E-state index is 0.296. The molecule has 116 valence electrons. The SMILES string of the molecule is COc1ccc(CNc2nc(Cl)nc3c2CCC3)c(OC)c1. The zero-order valence-corrected chi connectivity index (χ0v) is 13.4. The van der Waals surface area contributed by atoms with Crippen LogP contribution in [-0.2, 0) is 19.4 Å². The highest BCUT2D eigenvalue weighted by atomic mass is 35.5. The Hall–Kier alpha value is -2.01. The van der Waals surface area contributed by atoms with Crippen molar-refractivity contribution in [3.8, 4) is 11.5 Å². The van der Waals surface area contributed by atoms with Crippen LogP contribution >= 0.6 is 11.6 Å². The van der Waals surface area contributed by atoms with E-state index in [4.69, 9.17) is 21.1 Å². The number of halogens is 1. The Morgan fingerprint density at radius 2 is 2.05 bits per heavy atom. The van der Waals surface area contributed by atoms with E-state index in [0.29, 0.717) is 11.8 Å². The van der Waals surface area contributed by atoms with Crippen molar-refractivity contribution in [1.29, 1.82) is 0 Å². The Morgan fingerprint density at radius 3 is 2.82 bits per heavy atom. The van der Waals surface area contributed by atoms with Crippen LogP contribution in [0.25, 0.3) is 0 Å². The van der Waals surface area contributed by atoms with Gasteiger partial charge in [0.2, 0.25) is 5.28 Å². The van der Waals surface area contributed by atoms with Gasteiger partial charge in [-0.2, -0.15) is 0 Å². The van der Waals surface area contributed by atoms with Crippen molar-refractivity contribution in [2.75, 3.05) is 19.5 Å². The highest BCUT2D eigenvalue weighted by Gasteiger charge is 2.19. The van der Waals surface area contributed by atoms with Crippen LogP contribution in [0.2, 0.25) is 5.28 Å². The molecule has 0 saturated carbocycles. The number of benzene rings is 1. The fourth-order valence-corrected chi connectivity index (χ4v) is 2.91. The van der Waals surface area contributed by atoms with Crippen molar-refractivity contribution < 1.29 is 9.47 Å². The average Bonchev–Trinajstić information content (AvgIpc) is 3.00. The molecule has 1 aromatic heterocycles. The molecule has 1 aliphatic rings. The summed E-state index contributed by atoms with van der Waals surface area (Å²) in [6.07, 6.45) is 3.07. The Bertz CT molecular complexity index is 691. The van der Waals surface area contributed by atoms with Crippen molar-refractivity contribution in [2.24, 2.45) is 0 Å². The lowest BCUT2D eigenvalue weighted by Gasteiger charge is -2.13. The molecule has 5 nitrogen and oxygen atoms in total. The number of methoxy groups -OCH3 is 2. The molecule has 1 heterocycles. The Morgan fingerprint density at radius 1 is 1.18 bits per heavy atom. The predicted octanol–water partition coefficient (Wildman–Crippen LogP) is 3.25. The Labute approximate surface area is 134 Å². The molecule has 2 aromatic rings. The van der Waals surface area contributed by atoms with Crippen LogP contribution in [0.1, 0.15) is 23.2 Å². The lowest BCUT2D eigenvalue weighted by Crippen LogP contribution is -2.07. The fourth-order valence-electron chi connectivity index (χ4n) is 2.73. The summed E-state index contributed by atoms with van der Waals surface area (Å²) in [6.45, 7) is 0.604. The smallest absolute Gasteiger partial charge is 0.224 e. The molecule has 22 heavy (non-hydrogen) atoms. The van der Waals surface area contributed by atoms with Gasteiger partial charge in [-0.25, -0.2) is 9.97 Å². The largest absolute Gasteiger partial charge is 0.497 e. The molecule has 0 saturated heterocycles. The third kappa shape index (κ3) is 2.95. The van der Waals surface area contributed by atoms with Crippen LogP contribution in [0.4, 0.5) is 5.82 Å². The number of nitrogens with one attached hydrogen (secondary N) is 1. The van der Waals surface area contributed by atoms with Crippen molar-refractivity contribution >= 4 is 17.4 Å². The first-order valence-electron chi connectivity index (χ1n) is 7.21. The highest BCUT2D eigenvalue weighted by molar-refractivity contribution is 6.28. The summed E-state index contributed by atoms with van der Waals surface area (Å²) in [5.41, 5.74) is 3.27. The first-order valence-corrected chi connectivity index (χ1v) is 7.59. The van der Waals surface area contributed by atoms with E-state index in [2.05, 4.69) is 15.3 Å². The van der Waals surface area contributed by atoms with E-state index in [1.165, 1.54) is 5.56 Å². The van der Waals surface area contributed by atoms with Gasteiger partial charge in [-0.1, -0.05) is 0 Å². The van der Waals surface area contributed by atoms with E-state index >= 15 is 0 Å². The van der Waals surface area contributed by atoms with Gasteiger partial charge in [-0.15, -0.1) is 0 Å². The zero-order chi connectivity index (χ0) is 15.5. The molecular formula is C16H18ClN3O2. The third-order valence-electron chi connectivity index (χ3n) is 3.85. The van der Waals surface area contributed by atoms with Crippen LogP contribution in [0.3, 0.4) is 0 Å². The summed E-state index contributed by atoms with van der Waals surface area (Å²) >= 11 is 6.00. The van der Waals surface area contributed by atoms with Crippen molar-refractivity contribution in [1.82, 2.24) is 9.97 Å². The maximum Gasteiger partial charge on any atom is 0.224 e. The normalized spacial score (nSPS) is 12.9. The van der Waals surface area contributed by atoms with Crippen LogP contribution in [-0.4, -0.2) is 24.2 Å². The van der Waals surface area contributed by atoms with Crippen LogP contribution in [0, 0.1) is 0 Å². The molecule has 3 rings (SSSR count). The lowest BCUT2D eigenvalue weighted by molar-refractivity contribution is 0.391. The predicted molar refractivity (Wildman–Crippen MR) is 85.9 cm³/mol. The first-order chi connectivity index (χ1) is 10.7. The summed E-state index contributed by atoms with van der Waals surface area (Å²) in [6, 6.07) is 5.76. The van der Waals surface area contributed by atoms with Gasteiger partial charge in [-0.05, 0) is 43.0 Å². The second kappa shape index (κ2) is 6.40. The van der Waals surface area contributed by atoms with Gasteiger partial charge < -0.3 is 14.8 Å². The van der Waals surface area contributed by atoms with E-state index in [1.54, 1.807) is 14.2 Å². The molecule has 0 unspecified atom stereocenters. The van der Waals surface area contributed by atoms with Gasteiger partial charge in [0, 0.05) is 23.7 Å². The van der Waals surface area contributed by atoms with Crippen molar-refractivity contribution in [3.63, 3.8) is 0 Å². The molecule has 6 heteroatoms. The molecule has 0 atom stereocenters. The molecule has 0 amide bonds. The van der Waals surface area contributed by atoms with Gasteiger partial charge >= 0.3 is 0 Å². The number of hydrogen-bond donors (Lipinski definition) is 1. The number of anilines is 1. The molecule has 1 aromatic carbocycles. The lowest BCUT2D eigenvalue weighted by atomic mass is 10.1. The van der Waals surface area contributed by atoms with Crippen molar-refractivity contribution in [3.05, 3.63) is 40.3 Å². The Balaban J connectivity index is 1.81. The number of rotatable bonds is 5. The minimum Gasteiger partial charge on any atom is -0.497 e. The standard InChI is InChI=1S/C16H18ClN3O2/c1-21-11-7-6-10(14(8-11)22-2)9-18-15-12-4-3-5-13(12)19-16(17)20-15/h6-8H,3-5,9H2,1-2H3,(H,18,19,20). The number of aryl methyl sites for hydroxylation is 1. The Kier molecular flexibility index (Phi) is 4.34. The van der Waals surface area contributed by atoms with Gasteiger partial charge in [0.25, 0.3) is 0 Å². The van der Waals surface area contributed by atoms with Gasteiger partial charge in [0.05, 0.1) is 19.9 Å². The second-order valence-corrected chi connectivity index (χ2v) is 5.49. The molecule has 0 aliphatic heterocycles. The summed E-state index contributed by atoms with van der Waals surface area (Å²) in [4.78, 5) is 8.63.